The molecule has 0 aliphatic rings. The van der Waals surface area contributed by atoms with E-state index in [-0.39, 0.29) is 5.69 Å². The summed E-state index contributed by atoms with van der Waals surface area (Å²) in [5, 5.41) is 0. The van der Waals surface area contributed by atoms with Crippen molar-refractivity contribution < 1.29 is 22.7 Å². The van der Waals surface area contributed by atoms with Crippen molar-refractivity contribution in [3.05, 3.63) is 59.7 Å². The molecule has 0 aliphatic carbocycles. The van der Waals surface area contributed by atoms with Gasteiger partial charge in [-0.2, -0.15) is 13.2 Å². The Kier molecular flexibility index (Phi) is 5.10. The van der Waals surface area contributed by atoms with Gasteiger partial charge in [0.1, 0.15) is 5.75 Å². The van der Waals surface area contributed by atoms with Crippen molar-refractivity contribution >= 4 is 11.6 Å². The van der Waals surface area contributed by atoms with Gasteiger partial charge in [-0.3, -0.25) is 15.6 Å². The van der Waals surface area contributed by atoms with Gasteiger partial charge < -0.3 is 4.74 Å². The second-order valence-electron chi connectivity index (χ2n) is 4.58. The van der Waals surface area contributed by atoms with Gasteiger partial charge in [-0.25, -0.2) is 0 Å². The van der Waals surface area contributed by atoms with Crippen molar-refractivity contribution in [2.24, 2.45) is 0 Å². The van der Waals surface area contributed by atoms with Crippen LogP contribution in [0.5, 0.6) is 5.75 Å². The zero-order valence-electron chi connectivity index (χ0n) is 12.3. The average Bonchev–Trinajstić information content (AvgIpc) is 2.53. The molecule has 0 radical (unpaired) electrons. The number of ether oxygens (including phenoxy) is 1. The topological polar surface area (TPSA) is 50.4 Å². The number of alkyl halides is 3. The molecule has 0 heterocycles. The maximum absolute atomic E-state index is 12.8. The number of hydrogen-bond acceptors (Lipinski definition) is 3. The Labute approximate surface area is 131 Å². The molecule has 7 heteroatoms. The van der Waals surface area contributed by atoms with Gasteiger partial charge >= 0.3 is 6.18 Å². The van der Waals surface area contributed by atoms with E-state index >= 15 is 0 Å². The van der Waals surface area contributed by atoms with Crippen molar-refractivity contribution in [3.63, 3.8) is 0 Å². The number of hydrazine groups is 1. The molecule has 122 valence electrons. The van der Waals surface area contributed by atoms with Gasteiger partial charge in [-0.05, 0) is 43.3 Å². The Hall–Kier alpha value is -2.70. The number of benzene rings is 2. The predicted molar refractivity (Wildman–Crippen MR) is 80.1 cm³/mol. The molecule has 0 atom stereocenters. The largest absolute Gasteiger partial charge is 0.494 e. The van der Waals surface area contributed by atoms with Crippen molar-refractivity contribution in [1.82, 2.24) is 5.43 Å². The monoisotopic (exact) mass is 324 g/mol. The lowest BCUT2D eigenvalue weighted by atomic mass is 10.2. The van der Waals surface area contributed by atoms with Gasteiger partial charge in [0.2, 0.25) is 0 Å². The first kappa shape index (κ1) is 16.7. The number of nitrogens with one attached hydrogen (secondary N) is 2. The standard InChI is InChI=1S/C16H15F3N2O2/c1-2-23-12-9-7-11(8-10-12)15(22)21-20-14-6-4-3-5-13(14)16(17,18)19/h3-10,20H,2H2,1H3,(H,21,22). The van der Waals surface area contributed by atoms with Crippen molar-refractivity contribution in [1.29, 1.82) is 0 Å². The summed E-state index contributed by atoms with van der Waals surface area (Å²) in [6.45, 7) is 2.34. The Morgan fingerprint density at radius 3 is 2.35 bits per heavy atom. The van der Waals surface area contributed by atoms with Crippen LogP contribution in [0, 0.1) is 0 Å². The first-order chi connectivity index (χ1) is 10.9. The summed E-state index contributed by atoms with van der Waals surface area (Å²) in [5.74, 6) is 0.0597. The summed E-state index contributed by atoms with van der Waals surface area (Å²) >= 11 is 0. The summed E-state index contributed by atoms with van der Waals surface area (Å²) in [6, 6.07) is 11.2. The Morgan fingerprint density at radius 1 is 1.09 bits per heavy atom. The van der Waals surface area contributed by atoms with Crippen LogP contribution in [0.3, 0.4) is 0 Å². The number of amides is 1. The van der Waals surface area contributed by atoms with Crippen molar-refractivity contribution in [2.45, 2.75) is 13.1 Å². The molecule has 0 spiro atoms. The van der Waals surface area contributed by atoms with E-state index in [0.29, 0.717) is 17.9 Å². The predicted octanol–water partition coefficient (Wildman–Crippen LogP) is 3.86. The van der Waals surface area contributed by atoms with Crippen LogP contribution in [0.1, 0.15) is 22.8 Å². The molecule has 0 unspecified atom stereocenters. The zero-order valence-corrected chi connectivity index (χ0v) is 12.3. The van der Waals surface area contributed by atoms with Crippen LogP contribution in [-0.4, -0.2) is 12.5 Å². The number of carbonyl (C=O) groups is 1. The molecule has 0 saturated carbocycles. The minimum atomic E-state index is -4.51. The molecule has 0 aliphatic heterocycles. The van der Waals surface area contributed by atoms with Gasteiger partial charge in [-0.15, -0.1) is 0 Å². The van der Waals surface area contributed by atoms with E-state index in [1.165, 1.54) is 30.3 Å². The fraction of sp³-hybridized carbons (Fsp3) is 0.188. The van der Waals surface area contributed by atoms with E-state index < -0.39 is 17.6 Å². The highest BCUT2D eigenvalue weighted by atomic mass is 19.4. The molecule has 2 N–H and O–H groups in total. The van der Waals surface area contributed by atoms with Crippen LogP contribution in [0.2, 0.25) is 0 Å². The second-order valence-corrected chi connectivity index (χ2v) is 4.58. The molecule has 4 nitrogen and oxygen atoms in total. The van der Waals surface area contributed by atoms with Gasteiger partial charge in [-0.1, -0.05) is 12.1 Å². The smallest absolute Gasteiger partial charge is 0.418 e. The molecule has 0 bridgehead atoms. The van der Waals surface area contributed by atoms with Crippen LogP contribution < -0.4 is 15.6 Å². The average molecular weight is 324 g/mol. The number of anilines is 1. The summed E-state index contributed by atoms with van der Waals surface area (Å²) in [5.41, 5.74) is 3.78. The highest BCUT2D eigenvalue weighted by Crippen LogP contribution is 2.34. The van der Waals surface area contributed by atoms with Gasteiger partial charge in [0.15, 0.2) is 0 Å². The highest BCUT2D eigenvalue weighted by molar-refractivity contribution is 5.95. The minimum absolute atomic E-state index is 0.223. The van der Waals surface area contributed by atoms with E-state index in [4.69, 9.17) is 4.74 Å². The molecular formula is C16H15F3N2O2. The Morgan fingerprint density at radius 2 is 1.74 bits per heavy atom. The van der Waals surface area contributed by atoms with Crippen molar-refractivity contribution in [3.8, 4) is 5.75 Å². The maximum Gasteiger partial charge on any atom is 0.418 e. The van der Waals surface area contributed by atoms with E-state index in [9.17, 15) is 18.0 Å². The molecule has 0 aromatic heterocycles. The lowest BCUT2D eigenvalue weighted by molar-refractivity contribution is -0.137. The first-order valence-corrected chi connectivity index (χ1v) is 6.87. The molecule has 2 rings (SSSR count). The van der Waals surface area contributed by atoms with E-state index in [0.717, 1.165) is 6.07 Å². The minimum Gasteiger partial charge on any atom is -0.494 e. The lowest BCUT2D eigenvalue weighted by Gasteiger charge is -2.15. The highest BCUT2D eigenvalue weighted by Gasteiger charge is 2.33. The fourth-order valence-corrected chi connectivity index (χ4v) is 1.90. The zero-order chi connectivity index (χ0) is 16.9. The molecule has 0 saturated heterocycles. The molecule has 23 heavy (non-hydrogen) atoms. The normalized spacial score (nSPS) is 11.0. The third-order valence-corrected chi connectivity index (χ3v) is 2.97. The molecule has 1 amide bonds. The number of hydrogen-bond donors (Lipinski definition) is 2. The quantitative estimate of drug-likeness (QED) is 0.821. The summed E-state index contributed by atoms with van der Waals surface area (Å²) < 4.78 is 43.8. The third kappa shape index (κ3) is 4.38. The summed E-state index contributed by atoms with van der Waals surface area (Å²) in [7, 11) is 0. The van der Waals surface area contributed by atoms with Crippen molar-refractivity contribution in [2.75, 3.05) is 12.0 Å². The van der Waals surface area contributed by atoms with Gasteiger partial charge in [0.25, 0.3) is 5.91 Å². The number of halogens is 3. The number of rotatable bonds is 5. The van der Waals surface area contributed by atoms with Crippen LogP contribution in [0.15, 0.2) is 48.5 Å². The summed E-state index contributed by atoms with van der Waals surface area (Å²) in [6.07, 6.45) is -4.51. The number of para-hydroxylation sites is 1. The van der Waals surface area contributed by atoms with Gasteiger partial charge in [0.05, 0.1) is 17.9 Å². The van der Waals surface area contributed by atoms with Crippen LogP contribution >= 0.6 is 0 Å². The fourth-order valence-electron chi connectivity index (χ4n) is 1.90. The number of carbonyl (C=O) groups excluding carboxylic acids is 1. The van der Waals surface area contributed by atoms with Crippen LogP contribution in [0.4, 0.5) is 18.9 Å². The molecule has 0 fully saturated rings. The van der Waals surface area contributed by atoms with Crippen LogP contribution in [-0.2, 0) is 6.18 Å². The van der Waals surface area contributed by atoms with Gasteiger partial charge in [0, 0.05) is 5.56 Å². The van der Waals surface area contributed by atoms with E-state index in [1.54, 1.807) is 12.1 Å². The van der Waals surface area contributed by atoms with E-state index in [2.05, 4.69) is 10.9 Å². The Bertz CT molecular complexity index is 670. The Balaban J connectivity index is 2.05. The first-order valence-electron chi connectivity index (χ1n) is 6.87. The van der Waals surface area contributed by atoms with Crippen LogP contribution in [0.25, 0.3) is 0 Å². The molecule has 2 aromatic carbocycles. The molecular weight excluding hydrogens is 309 g/mol. The van der Waals surface area contributed by atoms with E-state index in [1.807, 2.05) is 6.92 Å². The lowest BCUT2D eigenvalue weighted by Crippen LogP contribution is -2.30. The maximum atomic E-state index is 12.8. The second kappa shape index (κ2) is 7.04. The summed E-state index contributed by atoms with van der Waals surface area (Å²) in [4.78, 5) is 12.0. The molecule has 2 aromatic rings. The SMILES string of the molecule is CCOc1ccc(C(=O)NNc2ccccc2C(F)(F)F)cc1. The third-order valence-electron chi connectivity index (χ3n) is 2.97.